The molecule has 1 amide bonds. The molecule has 7 nitrogen and oxygen atoms in total. The Kier molecular flexibility index (Phi) is 8.16. The van der Waals surface area contributed by atoms with E-state index in [2.05, 4.69) is 9.72 Å². The summed E-state index contributed by atoms with van der Waals surface area (Å²) in [6.07, 6.45) is -2.31. The largest absolute Gasteiger partial charge is 0.573 e. The van der Waals surface area contributed by atoms with Gasteiger partial charge in [-0.3, -0.25) is 0 Å². The van der Waals surface area contributed by atoms with Gasteiger partial charge in [0.05, 0.1) is 5.02 Å². The zero-order valence-electron chi connectivity index (χ0n) is 19.7. The number of carbonyl (C=O) groups is 1. The third-order valence-corrected chi connectivity index (χ3v) is 5.84. The number of carbonyl (C=O) groups excluding carboxylic acids is 1. The fourth-order valence-electron chi connectivity index (χ4n) is 3.54. The van der Waals surface area contributed by atoms with E-state index in [0.717, 1.165) is 12.1 Å². The van der Waals surface area contributed by atoms with Gasteiger partial charge in [0, 0.05) is 44.5 Å². The lowest BCUT2D eigenvalue weighted by Crippen LogP contribution is -2.47. The lowest BCUT2D eigenvalue weighted by molar-refractivity contribution is -0.274. The van der Waals surface area contributed by atoms with Crippen LogP contribution in [-0.2, 0) is 4.74 Å². The minimum Gasteiger partial charge on any atom is -0.454 e. The maximum absolute atomic E-state index is 12.4. The van der Waals surface area contributed by atoms with Gasteiger partial charge in [-0.1, -0.05) is 23.2 Å². The van der Waals surface area contributed by atoms with E-state index in [1.54, 1.807) is 11.9 Å². The van der Waals surface area contributed by atoms with Crippen LogP contribution in [0.5, 0.6) is 17.2 Å². The average molecular weight is 536 g/mol. The Morgan fingerprint density at radius 1 is 1.11 bits per heavy atom. The molecule has 0 saturated carbocycles. The third kappa shape index (κ3) is 7.44. The highest BCUT2D eigenvalue weighted by atomic mass is 35.5. The van der Waals surface area contributed by atoms with E-state index < -0.39 is 17.7 Å². The molecule has 0 bridgehead atoms. The number of benzene rings is 1. The molecule has 192 valence electrons. The van der Waals surface area contributed by atoms with Crippen molar-refractivity contribution in [2.24, 2.45) is 0 Å². The van der Waals surface area contributed by atoms with Gasteiger partial charge >= 0.3 is 12.5 Å². The minimum absolute atomic E-state index is 0.00977. The number of piperidine rings is 1. The first-order valence-electron chi connectivity index (χ1n) is 10.8. The molecule has 0 radical (unpaired) electrons. The van der Waals surface area contributed by atoms with Gasteiger partial charge < -0.3 is 24.0 Å². The van der Waals surface area contributed by atoms with Crippen molar-refractivity contribution in [3.63, 3.8) is 0 Å². The summed E-state index contributed by atoms with van der Waals surface area (Å²) in [7, 11) is 1.73. The second-order valence-corrected chi connectivity index (χ2v) is 9.78. The van der Waals surface area contributed by atoms with Crippen molar-refractivity contribution < 1.29 is 32.2 Å². The quantitative estimate of drug-likeness (QED) is 0.414. The Morgan fingerprint density at radius 3 is 2.34 bits per heavy atom. The van der Waals surface area contributed by atoms with Crippen molar-refractivity contribution in [1.82, 2.24) is 9.88 Å². The molecule has 12 heteroatoms. The molecule has 2 heterocycles. The predicted molar refractivity (Wildman–Crippen MR) is 127 cm³/mol. The molecular weight excluding hydrogens is 510 g/mol. The normalized spacial score (nSPS) is 15.1. The second-order valence-electron chi connectivity index (χ2n) is 9.00. The molecule has 1 fully saturated rings. The fourth-order valence-corrected chi connectivity index (χ4v) is 4.02. The van der Waals surface area contributed by atoms with Crippen LogP contribution in [-0.4, -0.2) is 54.1 Å². The van der Waals surface area contributed by atoms with Crippen LogP contribution in [0.1, 0.15) is 33.6 Å². The number of rotatable bonds is 5. The Hall–Kier alpha value is -2.59. The van der Waals surface area contributed by atoms with Gasteiger partial charge in [0.15, 0.2) is 11.6 Å². The molecule has 3 rings (SSSR count). The summed E-state index contributed by atoms with van der Waals surface area (Å²) in [5, 5.41) is 0.158. The van der Waals surface area contributed by atoms with Gasteiger partial charge in [-0.25, -0.2) is 9.78 Å². The number of halogens is 5. The van der Waals surface area contributed by atoms with Crippen molar-refractivity contribution >= 4 is 35.1 Å². The topological polar surface area (TPSA) is 64.1 Å². The summed E-state index contributed by atoms with van der Waals surface area (Å²) in [6, 6.07) is 4.90. The average Bonchev–Trinajstić information content (AvgIpc) is 2.74. The zero-order chi connectivity index (χ0) is 26.0. The number of ether oxygens (including phenoxy) is 3. The van der Waals surface area contributed by atoms with Crippen molar-refractivity contribution in [2.75, 3.05) is 25.0 Å². The zero-order valence-corrected chi connectivity index (χ0v) is 21.2. The second kappa shape index (κ2) is 10.6. The van der Waals surface area contributed by atoms with Crippen LogP contribution in [0.25, 0.3) is 0 Å². The highest BCUT2D eigenvalue weighted by molar-refractivity contribution is 6.34. The molecule has 1 aromatic carbocycles. The molecule has 0 N–H and O–H groups in total. The van der Waals surface area contributed by atoms with Crippen LogP contribution in [0.2, 0.25) is 10.0 Å². The smallest absolute Gasteiger partial charge is 0.454 e. The van der Waals surface area contributed by atoms with Gasteiger partial charge in [-0.2, -0.15) is 0 Å². The van der Waals surface area contributed by atoms with Crippen LogP contribution in [0, 0.1) is 0 Å². The van der Waals surface area contributed by atoms with Gasteiger partial charge in [0.2, 0.25) is 0 Å². The van der Waals surface area contributed by atoms with Crippen LogP contribution in [0.4, 0.5) is 23.8 Å². The molecule has 0 aliphatic carbocycles. The summed E-state index contributed by atoms with van der Waals surface area (Å²) in [5.74, 6) is 0.389. The molecule has 0 unspecified atom stereocenters. The predicted octanol–water partition coefficient (Wildman–Crippen LogP) is 6.92. The number of amides is 1. The van der Waals surface area contributed by atoms with Crippen LogP contribution in [0.3, 0.4) is 0 Å². The van der Waals surface area contributed by atoms with E-state index in [9.17, 15) is 18.0 Å². The maximum atomic E-state index is 12.4. The summed E-state index contributed by atoms with van der Waals surface area (Å²) < 4.78 is 52.3. The van der Waals surface area contributed by atoms with E-state index in [1.807, 2.05) is 25.7 Å². The summed E-state index contributed by atoms with van der Waals surface area (Å²) >= 11 is 12.6. The number of hydrogen-bond donors (Lipinski definition) is 0. The van der Waals surface area contributed by atoms with E-state index in [0.29, 0.717) is 31.7 Å². The Balaban J connectivity index is 1.67. The van der Waals surface area contributed by atoms with Crippen molar-refractivity contribution in [3.05, 3.63) is 40.5 Å². The maximum Gasteiger partial charge on any atom is 0.573 e. The summed E-state index contributed by atoms with van der Waals surface area (Å²) in [5.41, 5.74) is -0.571. The number of hydrogen-bond acceptors (Lipinski definition) is 6. The van der Waals surface area contributed by atoms with Crippen LogP contribution < -0.4 is 14.4 Å². The molecule has 0 spiro atoms. The van der Waals surface area contributed by atoms with Gasteiger partial charge in [0.1, 0.15) is 22.1 Å². The van der Waals surface area contributed by atoms with Crippen molar-refractivity contribution in [3.8, 4) is 17.2 Å². The standard InChI is InChI=1S/C23H26Cl2F3N3O4/c1-22(2,3)35-21(32)30(4)14-8-11-31(12-9-14)20-19(25)18(7-10-29-20)33-17-6-5-15(13-16(17)24)34-23(26,27)28/h5-7,10,13-14H,8-9,11-12H2,1-4H3. The minimum atomic E-state index is -4.83. The summed E-state index contributed by atoms with van der Waals surface area (Å²) in [6.45, 7) is 6.65. The molecule has 1 aliphatic heterocycles. The van der Waals surface area contributed by atoms with Crippen LogP contribution >= 0.6 is 23.2 Å². The number of anilines is 1. The van der Waals surface area contributed by atoms with Crippen LogP contribution in [0.15, 0.2) is 30.5 Å². The highest BCUT2D eigenvalue weighted by Gasteiger charge is 2.32. The molecule has 1 saturated heterocycles. The van der Waals surface area contributed by atoms with Gasteiger partial charge in [0.25, 0.3) is 0 Å². The first-order chi connectivity index (χ1) is 16.2. The fraction of sp³-hybridized carbons (Fsp3) is 0.478. The van der Waals surface area contributed by atoms with Crippen molar-refractivity contribution in [2.45, 2.75) is 51.6 Å². The van der Waals surface area contributed by atoms with Gasteiger partial charge in [-0.05, 0) is 45.7 Å². The van der Waals surface area contributed by atoms with Gasteiger partial charge in [-0.15, -0.1) is 13.2 Å². The first-order valence-corrected chi connectivity index (χ1v) is 11.6. The third-order valence-electron chi connectivity index (χ3n) is 5.19. The molecular formula is C23H26Cl2F3N3O4. The monoisotopic (exact) mass is 535 g/mol. The highest BCUT2D eigenvalue weighted by Crippen LogP contribution is 2.40. The van der Waals surface area contributed by atoms with E-state index in [4.69, 9.17) is 32.7 Å². The van der Waals surface area contributed by atoms with E-state index in [-0.39, 0.29) is 33.7 Å². The molecule has 0 atom stereocenters. The molecule has 1 aliphatic rings. The Bertz CT molecular complexity index is 1060. The number of pyridine rings is 1. The molecule has 2 aromatic rings. The Labute approximate surface area is 211 Å². The molecule has 35 heavy (non-hydrogen) atoms. The number of aromatic nitrogens is 1. The lowest BCUT2D eigenvalue weighted by atomic mass is 10.0. The number of nitrogens with zero attached hydrogens (tertiary/aromatic N) is 3. The van der Waals surface area contributed by atoms with E-state index in [1.165, 1.54) is 18.3 Å². The number of alkyl halides is 3. The first kappa shape index (κ1) is 27.0. The summed E-state index contributed by atoms with van der Waals surface area (Å²) in [4.78, 5) is 20.3. The SMILES string of the molecule is CN(C(=O)OC(C)(C)C)C1CCN(c2nccc(Oc3ccc(OC(F)(F)F)cc3Cl)c2Cl)CC1. The van der Waals surface area contributed by atoms with E-state index >= 15 is 0 Å². The van der Waals surface area contributed by atoms with Crippen molar-refractivity contribution in [1.29, 1.82) is 0 Å². The molecule has 1 aromatic heterocycles. The Morgan fingerprint density at radius 2 is 1.77 bits per heavy atom. The lowest BCUT2D eigenvalue weighted by Gasteiger charge is -2.38.